The van der Waals surface area contributed by atoms with Crippen LogP contribution in [0.5, 0.6) is 11.5 Å². The standard InChI is InChI=1S/C12H20N2O2/c1-13-12(14(2)3)10-8-9(15-4)6-7-11(10)16-5/h6-8,12-13H,1-5H3. The van der Waals surface area contributed by atoms with Crippen LogP contribution in [0, 0.1) is 0 Å². The molecule has 1 unspecified atom stereocenters. The molecule has 0 bridgehead atoms. The van der Waals surface area contributed by atoms with Crippen LogP contribution in [0.15, 0.2) is 18.2 Å². The Bertz CT molecular complexity index is 340. The second kappa shape index (κ2) is 5.72. The minimum absolute atomic E-state index is 0.102. The molecule has 1 aromatic carbocycles. The Labute approximate surface area is 97.2 Å². The summed E-state index contributed by atoms with van der Waals surface area (Å²) in [7, 11) is 9.28. The Balaban J connectivity index is 3.15. The molecule has 1 rings (SSSR count). The van der Waals surface area contributed by atoms with Gasteiger partial charge in [0, 0.05) is 5.56 Å². The van der Waals surface area contributed by atoms with Gasteiger partial charge in [0.2, 0.25) is 0 Å². The first kappa shape index (κ1) is 12.8. The summed E-state index contributed by atoms with van der Waals surface area (Å²) in [6, 6.07) is 5.80. The van der Waals surface area contributed by atoms with E-state index in [1.165, 1.54) is 0 Å². The molecule has 0 spiro atoms. The lowest BCUT2D eigenvalue weighted by Crippen LogP contribution is -2.31. The third-order valence-electron chi connectivity index (χ3n) is 2.52. The highest BCUT2D eigenvalue weighted by atomic mass is 16.5. The molecule has 0 aliphatic heterocycles. The summed E-state index contributed by atoms with van der Waals surface area (Å²) in [6.07, 6.45) is 0.102. The number of hydrogen-bond donors (Lipinski definition) is 1. The van der Waals surface area contributed by atoms with Crippen LogP contribution in [0.3, 0.4) is 0 Å². The van der Waals surface area contributed by atoms with Crippen molar-refractivity contribution in [3.05, 3.63) is 23.8 Å². The largest absolute Gasteiger partial charge is 0.497 e. The Morgan fingerprint density at radius 3 is 2.31 bits per heavy atom. The third kappa shape index (κ3) is 2.65. The maximum Gasteiger partial charge on any atom is 0.125 e. The summed E-state index contributed by atoms with van der Waals surface area (Å²) in [5.41, 5.74) is 1.06. The first-order chi connectivity index (χ1) is 7.63. The molecule has 4 nitrogen and oxygen atoms in total. The van der Waals surface area contributed by atoms with Gasteiger partial charge in [-0.1, -0.05) is 0 Å². The molecule has 1 N–H and O–H groups in total. The van der Waals surface area contributed by atoms with Crippen molar-refractivity contribution in [2.45, 2.75) is 6.17 Å². The fourth-order valence-corrected chi connectivity index (χ4v) is 1.74. The zero-order valence-electron chi connectivity index (χ0n) is 10.6. The van der Waals surface area contributed by atoms with Gasteiger partial charge in [0.1, 0.15) is 11.5 Å². The van der Waals surface area contributed by atoms with Crippen LogP contribution in [0.2, 0.25) is 0 Å². The summed E-state index contributed by atoms with van der Waals surface area (Å²) in [6.45, 7) is 0. The summed E-state index contributed by atoms with van der Waals surface area (Å²) in [5.74, 6) is 1.69. The molecule has 16 heavy (non-hydrogen) atoms. The summed E-state index contributed by atoms with van der Waals surface area (Å²) in [5, 5.41) is 3.23. The maximum absolute atomic E-state index is 5.36. The monoisotopic (exact) mass is 224 g/mol. The van der Waals surface area contributed by atoms with Gasteiger partial charge in [0.05, 0.1) is 20.4 Å². The summed E-state index contributed by atoms with van der Waals surface area (Å²) >= 11 is 0. The Hall–Kier alpha value is -1.26. The van der Waals surface area contributed by atoms with Crippen LogP contribution >= 0.6 is 0 Å². The van der Waals surface area contributed by atoms with Crippen molar-refractivity contribution in [2.24, 2.45) is 0 Å². The van der Waals surface area contributed by atoms with E-state index in [0.717, 1.165) is 17.1 Å². The van der Waals surface area contributed by atoms with E-state index in [1.807, 2.05) is 39.3 Å². The van der Waals surface area contributed by atoms with Crippen LogP contribution in [0.4, 0.5) is 0 Å². The second-order valence-corrected chi connectivity index (χ2v) is 3.76. The quantitative estimate of drug-likeness (QED) is 0.768. The van der Waals surface area contributed by atoms with E-state index in [-0.39, 0.29) is 6.17 Å². The van der Waals surface area contributed by atoms with Gasteiger partial charge in [-0.15, -0.1) is 0 Å². The van der Waals surface area contributed by atoms with Gasteiger partial charge in [-0.3, -0.25) is 4.90 Å². The van der Waals surface area contributed by atoms with E-state index in [2.05, 4.69) is 10.2 Å². The van der Waals surface area contributed by atoms with Crippen molar-refractivity contribution in [2.75, 3.05) is 35.4 Å². The SMILES string of the molecule is CNC(c1cc(OC)ccc1OC)N(C)C. The van der Waals surface area contributed by atoms with Gasteiger partial charge < -0.3 is 14.8 Å². The smallest absolute Gasteiger partial charge is 0.125 e. The molecule has 0 aliphatic carbocycles. The highest BCUT2D eigenvalue weighted by Crippen LogP contribution is 2.29. The second-order valence-electron chi connectivity index (χ2n) is 3.76. The van der Waals surface area contributed by atoms with Crippen molar-refractivity contribution >= 4 is 0 Å². The minimum Gasteiger partial charge on any atom is -0.497 e. The Morgan fingerprint density at radius 2 is 1.88 bits per heavy atom. The zero-order chi connectivity index (χ0) is 12.1. The van der Waals surface area contributed by atoms with Gasteiger partial charge in [0.25, 0.3) is 0 Å². The van der Waals surface area contributed by atoms with Gasteiger partial charge in [-0.25, -0.2) is 0 Å². The van der Waals surface area contributed by atoms with E-state index in [4.69, 9.17) is 9.47 Å². The topological polar surface area (TPSA) is 33.7 Å². The minimum atomic E-state index is 0.102. The average molecular weight is 224 g/mol. The normalized spacial score (nSPS) is 12.6. The van der Waals surface area contributed by atoms with Crippen molar-refractivity contribution in [1.82, 2.24) is 10.2 Å². The van der Waals surface area contributed by atoms with Gasteiger partial charge in [0.15, 0.2) is 0 Å². The predicted octanol–water partition coefficient (Wildman–Crippen LogP) is 1.48. The molecular formula is C12H20N2O2. The lowest BCUT2D eigenvalue weighted by molar-refractivity contribution is 0.255. The number of methoxy groups -OCH3 is 2. The fraction of sp³-hybridized carbons (Fsp3) is 0.500. The highest BCUT2D eigenvalue weighted by molar-refractivity contribution is 5.42. The van der Waals surface area contributed by atoms with E-state index in [1.54, 1.807) is 14.2 Å². The maximum atomic E-state index is 5.36. The van der Waals surface area contributed by atoms with E-state index >= 15 is 0 Å². The fourth-order valence-electron chi connectivity index (χ4n) is 1.74. The molecule has 0 aliphatic rings. The van der Waals surface area contributed by atoms with E-state index < -0.39 is 0 Å². The molecule has 0 fully saturated rings. The van der Waals surface area contributed by atoms with E-state index in [0.29, 0.717) is 0 Å². The van der Waals surface area contributed by atoms with Gasteiger partial charge in [-0.2, -0.15) is 0 Å². The Morgan fingerprint density at radius 1 is 1.19 bits per heavy atom. The van der Waals surface area contributed by atoms with Crippen LogP contribution < -0.4 is 14.8 Å². The first-order valence-electron chi connectivity index (χ1n) is 5.19. The van der Waals surface area contributed by atoms with Gasteiger partial charge >= 0.3 is 0 Å². The molecule has 0 saturated carbocycles. The number of nitrogens with one attached hydrogen (secondary N) is 1. The molecule has 0 amide bonds. The number of hydrogen-bond acceptors (Lipinski definition) is 4. The molecule has 1 atom stereocenters. The molecule has 90 valence electrons. The lowest BCUT2D eigenvalue weighted by atomic mass is 10.1. The molecule has 0 heterocycles. The van der Waals surface area contributed by atoms with Crippen molar-refractivity contribution in [3.8, 4) is 11.5 Å². The number of rotatable bonds is 5. The molecule has 0 radical (unpaired) electrons. The van der Waals surface area contributed by atoms with Crippen molar-refractivity contribution < 1.29 is 9.47 Å². The average Bonchev–Trinajstić information content (AvgIpc) is 2.29. The summed E-state index contributed by atoms with van der Waals surface area (Å²) < 4.78 is 10.6. The third-order valence-corrected chi connectivity index (χ3v) is 2.52. The van der Waals surface area contributed by atoms with Crippen LogP contribution in [-0.4, -0.2) is 40.3 Å². The first-order valence-corrected chi connectivity index (χ1v) is 5.19. The number of ether oxygens (including phenoxy) is 2. The highest BCUT2D eigenvalue weighted by Gasteiger charge is 2.17. The number of nitrogens with zero attached hydrogens (tertiary/aromatic N) is 1. The molecular weight excluding hydrogens is 204 g/mol. The van der Waals surface area contributed by atoms with Crippen LogP contribution in [-0.2, 0) is 0 Å². The molecule has 0 aromatic heterocycles. The molecule has 4 heteroatoms. The van der Waals surface area contributed by atoms with Crippen LogP contribution in [0.1, 0.15) is 11.7 Å². The zero-order valence-corrected chi connectivity index (χ0v) is 10.6. The van der Waals surface area contributed by atoms with Gasteiger partial charge in [-0.05, 0) is 39.3 Å². The van der Waals surface area contributed by atoms with E-state index in [9.17, 15) is 0 Å². The van der Waals surface area contributed by atoms with Crippen molar-refractivity contribution in [3.63, 3.8) is 0 Å². The molecule has 0 saturated heterocycles. The van der Waals surface area contributed by atoms with Crippen molar-refractivity contribution in [1.29, 1.82) is 0 Å². The Kier molecular flexibility index (Phi) is 4.58. The summed E-state index contributed by atoms with van der Waals surface area (Å²) in [4.78, 5) is 2.08. The molecule has 1 aromatic rings. The lowest BCUT2D eigenvalue weighted by Gasteiger charge is -2.26. The van der Waals surface area contributed by atoms with Crippen LogP contribution in [0.25, 0.3) is 0 Å². The predicted molar refractivity (Wildman–Crippen MR) is 65.0 cm³/mol. The number of benzene rings is 1.